The summed E-state index contributed by atoms with van der Waals surface area (Å²) in [6.07, 6.45) is 3.22. The van der Waals surface area contributed by atoms with Crippen LogP contribution in [0.2, 0.25) is 0 Å². The van der Waals surface area contributed by atoms with Crippen molar-refractivity contribution >= 4 is 11.9 Å². The third-order valence-corrected chi connectivity index (χ3v) is 5.32. The van der Waals surface area contributed by atoms with Gasteiger partial charge in [-0.3, -0.25) is 0 Å². The summed E-state index contributed by atoms with van der Waals surface area (Å²) in [5, 5.41) is 51.5. The van der Waals surface area contributed by atoms with Gasteiger partial charge in [0.1, 0.15) is 12.2 Å². The van der Waals surface area contributed by atoms with Crippen LogP contribution in [0.3, 0.4) is 0 Å². The van der Waals surface area contributed by atoms with Crippen LogP contribution in [0, 0.1) is 11.8 Å². The molecule has 0 unspecified atom stereocenters. The molecule has 0 heterocycles. The maximum atomic E-state index is 10.1. The molecule has 0 aliphatic rings. The molecule has 6 atom stereocenters. The van der Waals surface area contributed by atoms with Crippen molar-refractivity contribution in [1.82, 2.24) is 0 Å². The Hall–Kier alpha value is -1.74. The van der Waals surface area contributed by atoms with Crippen LogP contribution in [0.5, 0.6) is 0 Å². The number of carboxylic acids is 2. The normalized spacial score (nSPS) is 15.5. The first-order valence-corrected chi connectivity index (χ1v) is 12.1. The molecule has 0 amide bonds. The summed E-state index contributed by atoms with van der Waals surface area (Å²) in [4.78, 5) is 20.2. The Morgan fingerprint density at radius 3 is 1.09 bits per heavy atom. The number of aliphatic hydroxyl groups is 4. The maximum absolute atomic E-state index is 10.1. The van der Waals surface area contributed by atoms with Crippen molar-refractivity contribution in [3.63, 3.8) is 0 Å². The summed E-state index contributed by atoms with van der Waals surface area (Å²) in [6.45, 7) is 17.8. The van der Waals surface area contributed by atoms with E-state index in [9.17, 15) is 9.59 Å². The van der Waals surface area contributed by atoms with Crippen molar-refractivity contribution in [3.05, 3.63) is 23.3 Å². The fraction of sp³-hybridized carbons (Fsp3) is 0.769. The summed E-state index contributed by atoms with van der Waals surface area (Å²) < 4.78 is 0. The van der Waals surface area contributed by atoms with Gasteiger partial charge in [0.05, 0.1) is 0 Å². The molecule has 0 bridgehead atoms. The minimum atomic E-state index is -2.36. The number of aliphatic carboxylic acids is 2. The van der Waals surface area contributed by atoms with Gasteiger partial charge in [0, 0.05) is 0 Å². The number of hydrogen-bond donors (Lipinski definition) is 6. The molecule has 0 spiro atoms. The molecule has 0 fully saturated rings. The summed E-state index contributed by atoms with van der Waals surface area (Å²) in [6, 6.07) is 0. The van der Waals surface area contributed by atoms with Crippen molar-refractivity contribution in [2.75, 3.05) is 0 Å². The van der Waals surface area contributed by atoms with Gasteiger partial charge in [-0.05, 0) is 65.2 Å². The smallest absolute Gasteiger partial charge is 0.335 e. The van der Waals surface area contributed by atoms with E-state index in [1.165, 1.54) is 49.7 Å². The zero-order chi connectivity index (χ0) is 27.4. The fourth-order valence-electron chi connectivity index (χ4n) is 2.39. The average molecular weight is 491 g/mol. The maximum Gasteiger partial charge on any atom is 0.335 e. The first-order chi connectivity index (χ1) is 15.6. The monoisotopic (exact) mass is 490 g/mol. The number of hydrogen-bond acceptors (Lipinski definition) is 6. The molecule has 8 nitrogen and oxygen atoms in total. The molecule has 0 aromatic rings. The highest BCUT2D eigenvalue weighted by Gasteiger charge is 2.37. The Labute approximate surface area is 206 Å². The molecule has 6 N–H and O–H groups in total. The van der Waals surface area contributed by atoms with Crippen LogP contribution in [0.15, 0.2) is 23.3 Å². The topological polar surface area (TPSA) is 156 Å². The lowest BCUT2D eigenvalue weighted by Gasteiger charge is -2.21. The van der Waals surface area contributed by atoms with Gasteiger partial charge in [-0.2, -0.15) is 0 Å². The van der Waals surface area contributed by atoms with Gasteiger partial charge in [-0.25, -0.2) is 9.59 Å². The first kappa shape index (κ1) is 36.8. The number of carboxylic acid groups (broad SMARTS) is 2. The van der Waals surface area contributed by atoms with Crippen LogP contribution in [-0.4, -0.2) is 67.0 Å². The van der Waals surface area contributed by atoms with Gasteiger partial charge >= 0.3 is 11.9 Å². The van der Waals surface area contributed by atoms with Crippen molar-refractivity contribution in [3.8, 4) is 0 Å². The summed E-state index contributed by atoms with van der Waals surface area (Å²) in [5.74, 6) is -1.88. The highest BCUT2D eigenvalue weighted by atomic mass is 16.4. The Morgan fingerprint density at radius 1 is 0.647 bits per heavy atom. The Balaban J connectivity index is -0.000000434. The molecule has 0 saturated heterocycles. The lowest BCUT2D eigenvalue weighted by Crippen LogP contribution is -2.49. The summed E-state index contributed by atoms with van der Waals surface area (Å²) >= 11 is 0. The lowest BCUT2D eigenvalue weighted by molar-refractivity contribution is -0.172. The van der Waals surface area contributed by atoms with E-state index in [0.717, 1.165) is 11.8 Å². The second-order valence-electron chi connectivity index (χ2n) is 9.29. The van der Waals surface area contributed by atoms with Crippen molar-refractivity contribution < 1.29 is 40.2 Å². The van der Waals surface area contributed by atoms with E-state index >= 15 is 0 Å². The summed E-state index contributed by atoms with van der Waals surface area (Å²) in [7, 11) is 0. The van der Waals surface area contributed by atoms with Crippen LogP contribution in [0.4, 0.5) is 0 Å². The van der Waals surface area contributed by atoms with E-state index in [1.54, 1.807) is 0 Å². The van der Waals surface area contributed by atoms with Crippen LogP contribution >= 0.6 is 0 Å². The molecule has 0 rings (SSSR count). The molecule has 0 aromatic heterocycles. The predicted octanol–water partition coefficient (Wildman–Crippen LogP) is 4.16. The molecular formula is C26H50O8. The van der Waals surface area contributed by atoms with Gasteiger partial charge in [0.15, 0.2) is 12.2 Å². The van der Waals surface area contributed by atoms with Crippen LogP contribution in [0.1, 0.15) is 93.9 Å². The van der Waals surface area contributed by atoms with Crippen molar-refractivity contribution in [2.45, 2.75) is 118 Å². The Bertz CT molecular complexity index is 540. The SMILES string of the molecule is CC[C@H](C)CCC=C(C)C.CC[C@H](C)CCC=C(C)C.O=C(O)[C@@H](O)[C@H](O)[C@H](O)[C@@H](O)C(=O)O. The molecule has 0 aliphatic heterocycles. The van der Waals surface area contributed by atoms with E-state index in [1.807, 2.05) is 0 Å². The predicted molar refractivity (Wildman–Crippen MR) is 136 cm³/mol. The van der Waals surface area contributed by atoms with Crippen LogP contribution in [0.25, 0.3) is 0 Å². The average Bonchev–Trinajstić information content (AvgIpc) is 2.76. The van der Waals surface area contributed by atoms with Gasteiger partial charge in [0.25, 0.3) is 0 Å². The molecule has 202 valence electrons. The van der Waals surface area contributed by atoms with E-state index in [-0.39, 0.29) is 0 Å². The van der Waals surface area contributed by atoms with Gasteiger partial charge < -0.3 is 30.6 Å². The van der Waals surface area contributed by atoms with E-state index in [4.69, 9.17) is 30.6 Å². The van der Waals surface area contributed by atoms with Gasteiger partial charge in [-0.1, -0.05) is 63.8 Å². The second-order valence-corrected chi connectivity index (χ2v) is 9.29. The van der Waals surface area contributed by atoms with Crippen molar-refractivity contribution in [2.24, 2.45) is 11.8 Å². The lowest BCUT2D eigenvalue weighted by atomic mass is 10.0. The van der Waals surface area contributed by atoms with E-state index < -0.39 is 36.4 Å². The zero-order valence-corrected chi connectivity index (χ0v) is 22.4. The second kappa shape index (κ2) is 21.8. The minimum Gasteiger partial charge on any atom is -0.479 e. The van der Waals surface area contributed by atoms with Gasteiger partial charge in [-0.15, -0.1) is 0 Å². The third kappa shape index (κ3) is 22.1. The van der Waals surface area contributed by atoms with Crippen LogP contribution < -0.4 is 0 Å². The van der Waals surface area contributed by atoms with E-state index in [2.05, 4.69) is 67.5 Å². The van der Waals surface area contributed by atoms with Gasteiger partial charge in [0.2, 0.25) is 0 Å². The Kier molecular flexibility index (Phi) is 23.6. The largest absolute Gasteiger partial charge is 0.479 e. The van der Waals surface area contributed by atoms with Crippen molar-refractivity contribution in [1.29, 1.82) is 0 Å². The van der Waals surface area contributed by atoms with Crippen LogP contribution in [-0.2, 0) is 9.59 Å². The molecule has 8 heteroatoms. The zero-order valence-electron chi connectivity index (χ0n) is 22.4. The molecule has 0 aromatic carbocycles. The fourth-order valence-corrected chi connectivity index (χ4v) is 2.39. The highest BCUT2D eigenvalue weighted by Crippen LogP contribution is 2.11. The molecule has 0 saturated carbocycles. The Morgan fingerprint density at radius 2 is 0.912 bits per heavy atom. The molecule has 34 heavy (non-hydrogen) atoms. The van der Waals surface area contributed by atoms with E-state index in [0.29, 0.717) is 0 Å². The quantitative estimate of drug-likeness (QED) is 0.210. The number of allylic oxidation sites excluding steroid dienone is 4. The standard InChI is InChI=1S/2C10H20.C6H10O8/c2*1-5-10(4)8-6-7-9(2)3;7-1(3(9)5(11)12)2(8)4(10)6(13)14/h2*7,10H,5-6,8H2,1-4H3;1-4,7-10H,(H,11,12)(H,13,14)/t2*10-;1-,2+,3+,4-/m00./s1. The molecule has 0 aliphatic carbocycles. The minimum absolute atomic E-state index is 0.899. The third-order valence-electron chi connectivity index (χ3n) is 5.32. The number of carbonyl (C=O) groups is 2. The number of aliphatic hydroxyl groups excluding tert-OH is 4. The first-order valence-electron chi connectivity index (χ1n) is 12.1. The highest BCUT2D eigenvalue weighted by molar-refractivity contribution is 5.75. The molecule has 0 radical (unpaired) electrons. The summed E-state index contributed by atoms with van der Waals surface area (Å²) in [5.41, 5.74) is 2.90. The number of rotatable bonds is 13. The molecular weight excluding hydrogens is 440 g/mol.